The molecule has 23 heavy (non-hydrogen) atoms. The molecule has 0 bridgehead atoms. The molecule has 1 aromatic heterocycles. The largest absolute Gasteiger partial charge is 0.497 e. The number of carbonyl (C=O) groups is 1. The second-order valence-electron chi connectivity index (χ2n) is 5.13. The smallest absolute Gasteiger partial charge is 0.222 e. The normalized spacial score (nSPS) is 13.8. The summed E-state index contributed by atoms with van der Waals surface area (Å²) in [6, 6.07) is 3.77. The Balaban J connectivity index is 0.00000242. The van der Waals surface area contributed by atoms with Crippen molar-refractivity contribution in [2.75, 3.05) is 51.8 Å². The summed E-state index contributed by atoms with van der Waals surface area (Å²) in [6.07, 6.45) is 3.27. The second kappa shape index (κ2) is 11.3. The molecule has 0 atom stereocenters. The van der Waals surface area contributed by atoms with Crippen LogP contribution in [0.2, 0.25) is 0 Å². The number of hydrogen-bond acceptors (Lipinski definition) is 5. The van der Waals surface area contributed by atoms with E-state index in [4.69, 9.17) is 4.74 Å². The van der Waals surface area contributed by atoms with Crippen LogP contribution in [0.3, 0.4) is 0 Å². The lowest BCUT2D eigenvalue weighted by Gasteiger charge is -2.35. The van der Waals surface area contributed by atoms with E-state index in [1.165, 1.54) is 0 Å². The van der Waals surface area contributed by atoms with Gasteiger partial charge in [0.15, 0.2) is 0 Å². The van der Waals surface area contributed by atoms with Crippen LogP contribution >= 0.6 is 24.8 Å². The zero-order valence-corrected chi connectivity index (χ0v) is 15.3. The average Bonchev–Trinajstić information content (AvgIpc) is 2.55. The first-order chi connectivity index (χ1) is 10.2. The van der Waals surface area contributed by atoms with Gasteiger partial charge < -0.3 is 19.9 Å². The van der Waals surface area contributed by atoms with Gasteiger partial charge in [-0.05, 0) is 26.1 Å². The fraction of sp³-hybridized carbons (Fsp3) is 0.600. The molecule has 1 aliphatic rings. The van der Waals surface area contributed by atoms with Crippen LogP contribution in [0.25, 0.3) is 0 Å². The minimum atomic E-state index is 0. The topological polar surface area (TPSA) is 57.7 Å². The SMILES string of the molecule is CNCCCC(=O)N1CCN(c2cc(OC)ccn2)CC1.Cl.Cl. The van der Waals surface area contributed by atoms with E-state index in [1.807, 2.05) is 24.1 Å². The van der Waals surface area contributed by atoms with E-state index >= 15 is 0 Å². The Morgan fingerprint density at radius 2 is 2.00 bits per heavy atom. The van der Waals surface area contributed by atoms with E-state index in [2.05, 4.69) is 15.2 Å². The number of amides is 1. The number of ether oxygens (including phenoxy) is 1. The van der Waals surface area contributed by atoms with Crippen LogP contribution < -0.4 is 15.0 Å². The molecule has 1 amide bonds. The maximum absolute atomic E-state index is 12.1. The molecular weight excluding hydrogens is 339 g/mol. The second-order valence-corrected chi connectivity index (χ2v) is 5.13. The van der Waals surface area contributed by atoms with Crippen molar-refractivity contribution in [2.45, 2.75) is 12.8 Å². The van der Waals surface area contributed by atoms with Gasteiger partial charge in [0.25, 0.3) is 0 Å². The fourth-order valence-corrected chi connectivity index (χ4v) is 2.46. The molecule has 1 aliphatic heterocycles. The van der Waals surface area contributed by atoms with Gasteiger partial charge in [-0.15, -0.1) is 24.8 Å². The van der Waals surface area contributed by atoms with Gasteiger partial charge in [0.1, 0.15) is 11.6 Å². The van der Waals surface area contributed by atoms with E-state index in [0.29, 0.717) is 6.42 Å². The van der Waals surface area contributed by atoms with E-state index in [0.717, 1.165) is 50.7 Å². The van der Waals surface area contributed by atoms with Crippen LogP contribution in [0.5, 0.6) is 5.75 Å². The van der Waals surface area contributed by atoms with Crippen LogP contribution in [0.4, 0.5) is 5.82 Å². The van der Waals surface area contributed by atoms with Gasteiger partial charge in [-0.25, -0.2) is 4.98 Å². The Morgan fingerprint density at radius 3 is 2.61 bits per heavy atom. The fourth-order valence-electron chi connectivity index (χ4n) is 2.46. The van der Waals surface area contributed by atoms with Crippen molar-refractivity contribution < 1.29 is 9.53 Å². The van der Waals surface area contributed by atoms with Gasteiger partial charge >= 0.3 is 0 Å². The van der Waals surface area contributed by atoms with Gasteiger partial charge in [0.05, 0.1) is 7.11 Å². The van der Waals surface area contributed by atoms with Crippen LogP contribution in [0.15, 0.2) is 18.3 Å². The number of hydrogen-bond donors (Lipinski definition) is 1. The minimum Gasteiger partial charge on any atom is -0.497 e. The van der Waals surface area contributed by atoms with Crippen molar-refractivity contribution in [2.24, 2.45) is 0 Å². The van der Waals surface area contributed by atoms with E-state index in [9.17, 15) is 4.79 Å². The molecule has 0 aromatic carbocycles. The summed E-state index contributed by atoms with van der Waals surface area (Å²) in [7, 11) is 3.56. The number of pyridine rings is 1. The number of nitrogens with one attached hydrogen (secondary N) is 1. The number of rotatable bonds is 6. The summed E-state index contributed by atoms with van der Waals surface area (Å²) in [5.74, 6) is 1.98. The van der Waals surface area contributed by atoms with E-state index < -0.39 is 0 Å². The van der Waals surface area contributed by atoms with Crippen molar-refractivity contribution in [1.29, 1.82) is 0 Å². The number of piperazine rings is 1. The third-order valence-electron chi connectivity index (χ3n) is 3.73. The Hall–Kier alpha value is -1.24. The van der Waals surface area contributed by atoms with Gasteiger partial charge in [-0.3, -0.25) is 4.79 Å². The molecule has 0 saturated carbocycles. The molecule has 6 nitrogen and oxygen atoms in total. The molecular formula is C15H26Cl2N4O2. The highest BCUT2D eigenvalue weighted by Gasteiger charge is 2.21. The zero-order chi connectivity index (χ0) is 15.1. The zero-order valence-electron chi connectivity index (χ0n) is 13.7. The lowest BCUT2D eigenvalue weighted by atomic mass is 10.2. The molecule has 0 unspecified atom stereocenters. The summed E-state index contributed by atoms with van der Waals surface area (Å²) in [6.45, 7) is 4.05. The van der Waals surface area contributed by atoms with Crippen molar-refractivity contribution in [3.8, 4) is 5.75 Å². The highest BCUT2D eigenvalue weighted by Crippen LogP contribution is 2.19. The number of halogens is 2. The van der Waals surface area contributed by atoms with Crippen molar-refractivity contribution in [3.63, 3.8) is 0 Å². The number of anilines is 1. The third-order valence-corrected chi connectivity index (χ3v) is 3.73. The molecule has 2 heterocycles. The van der Waals surface area contributed by atoms with E-state index in [1.54, 1.807) is 13.3 Å². The van der Waals surface area contributed by atoms with Gasteiger partial charge in [0, 0.05) is 44.9 Å². The first-order valence-corrected chi connectivity index (χ1v) is 7.42. The predicted octanol–water partition coefficient (Wildman–Crippen LogP) is 1.58. The number of methoxy groups -OCH3 is 1. The summed E-state index contributed by atoms with van der Waals surface area (Å²) < 4.78 is 5.22. The number of carbonyl (C=O) groups excluding carboxylic acids is 1. The molecule has 0 aliphatic carbocycles. The molecule has 132 valence electrons. The number of nitrogens with zero attached hydrogens (tertiary/aromatic N) is 3. The maximum atomic E-state index is 12.1. The Kier molecular flexibility index (Phi) is 10.7. The summed E-state index contributed by atoms with van der Waals surface area (Å²) >= 11 is 0. The predicted molar refractivity (Wildman–Crippen MR) is 97.2 cm³/mol. The minimum absolute atomic E-state index is 0. The summed E-state index contributed by atoms with van der Waals surface area (Å²) in [5.41, 5.74) is 0. The van der Waals surface area contributed by atoms with Gasteiger partial charge in [-0.2, -0.15) is 0 Å². The first kappa shape index (κ1) is 21.8. The molecule has 1 aromatic rings. The van der Waals surface area contributed by atoms with Crippen LogP contribution in [0, 0.1) is 0 Å². The van der Waals surface area contributed by atoms with E-state index in [-0.39, 0.29) is 30.7 Å². The molecule has 1 saturated heterocycles. The van der Waals surface area contributed by atoms with Crippen molar-refractivity contribution in [1.82, 2.24) is 15.2 Å². The highest BCUT2D eigenvalue weighted by molar-refractivity contribution is 5.85. The molecule has 8 heteroatoms. The van der Waals surface area contributed by atoms with Crippen molar-refractivity contribution >= 4 is 36.5 Å². The molecule has 1 N–H and O–H groups in total. The molecule has 1 fully saturated rings. The van der Waals surface area contributed by atoms with Crippen LogP contribution in [0.1, 0.15) is 12.8 Å². The monoisotopic (exact) mass is 364 g/mol. The standard InChI is InChI=1S/C15H24N4O2.2ClH/c1-16-6-3-4-15(20)19-10-8-18(9-11-19)14-12-13(21-2)5-7-17-14;;/h5,7,12,16H,3-4,6,8-11H2,1-2H3;2*1H. The Labute approximate surface area is 150 Å². The lowest BCUT2D eigenvalue weighted by molar-refractivity contribution is -0.131. The Bertz CT molecular complexity index is 469. The summed E-state index contributed by atoms with van der Waals surface area (Å²) in [5, 5.41) is 3.07. The van der Waals surface area contributed by atoms with Crippen molar-refractivity contribution in [3.05, 3.63) is 18.3 Å². The first-order valence-electron chi connectivity index (χ1n) is 7.42. The number of aromatic nitrogens is 1. The quantitative estimate of drug-likeness (QED) is 0.776. The van der Waals surface area contributed by atoms with Crippen LogP contribution in [-0.2, 0) is 4.79 Å². The van der Waals surface area contributed by atoms with Gasteiger partial charge in [0.2, 0.25) is 5.91 Å². The Morgan fingerprint density at radius 1 is 1.30 bits per heavy atom. The van der Waals surface area contributed by atoms with Crippen LogP contribution in [-0.4, -0.2) is 62.7 Å². The third kappa shape index (κ3) is 6.41. The molecule has 0 radical (unpaired) electrons. The maximum Gasteiger partial charge on any atom is 0.222 e. The lowest BCUT2D eigenvalue weighted by Crippen LogP contribution is -2.49. The average molecular weight is 365 g/mol. The summed E-state index contributed by atoms with van der Waals surface area (Å²) in [4.78, 5) is 20.6. The highest BCUT2D eigenvalue weighted by atomic mass is 35.5. The molecule has 2 rings (SSSR count). The molecule has 0 spiro atoms. The van der Waals surface area contributed by atoms with Gasteiger partial charge in [-0.1, -0.05) is 0 Å².